The van der Waals surface area contributed by atoms with E-state index in [0.717, 1.165) is 11.1 Å². The van der Waals surface area contributed by atoms with Crippen LogP contribution >= 0.6 is 0 Å². The van der Waals surface area contributed by atoms with Crippen molar-refractivity contribution < 1.29 is 13.2 Å². The van der Waals surface area contributed by atoms with Crippen LogP contribution in [0.25, 0.3) is 0 Å². The second kappa shape index (κ2) is 6.40. The zero-order chi connectivity index (χ0) is 16.3. The Balaban J connectivity index is 2.26. The Kier molecular flexibility index (Phi) is 4.76. The molecule has 0 atom stereocenters. The van der Waals surface area contributed by atoms with Gasteiger partial charge in [0.05, 0.1) is 11.9 Å². The fraction of sp³-hybridized carbons (Fsp3) is 0.294. The Morgan fingerprint density at radius 2 is 1.77 bits per heavy atom. The first-order valence-corrected chi connectivity index (χ1v) is 8.86. The van der Waals surface area contributed by atoms with E-state index in [2.05, 4.69) is 18.2 Å². The molecule has 22 heavy (non-hydrogen) atoms. The number of hydrogen-bond donors (Lipinski definition) is 0. The first-order valence-electron chi connectivity index (χ1n) is 7.01. The molecule has 0 amide bonds. The van der Waals surface area contributed by atoms with Crippen molar-refractivity contribution in [2.75, 3.05) is 17.6 Å². The molecule has 0 aromatic heterocycles. The van der Waals surface area contributed by atoms with Crippen molar-refractivity contribution in [3.8, 4) is 5.75 Å². The van der Waals surface area contributed by atoms with E-state index in [1.807, 2.05) is 19.9 Å². The number of sulfonamides is 1. The molecule has 0 aliphatic rings. The molecule has 2 aromatic rings. The van der Waals surface area contributed by atoms with Crippen molar-refractivity contribution in [2.24, 2.45) is 0 Å². The van der Waals surface area contributed by atoms with Gasteiger partial charge in [0.2, 0.25) is 10.0 Å². The van der Waals surface area contributed by atoms with Crippen LogP contribution in [0.15, 0.2) is 42.5 Å². The molecule has 0 heterocycles. The first-order chi connectivity index (χ1) is 10.3. The molecular weight excluding hydrogens is 298 g/mol. The zero-order valence-corrected chi connectivity index (χ0v) is 14.1. The minimum absolute atomic E-state index is 0.405. The van der Waals surface area contributed by atoms with Crippen molar-refractivity contribution in [1.29, 1.82) is 0 Å². The quantitative estimate of drug-likeness (QED) is 0.849. The largest absolute Gasteiger partial charge is 0.487 e. The minimum Gasteiger partial charge on any atom is -0.487 e. The van der Waals surface area contributed by atoms with Crippen LogP contribution < -0.4 is 9.04 Å². The van der Waals surface area contributed by atoms with E-state index in [1.165, 1.54) is 23.2 Å². The number of nitrogens with zero attached hydrogens (tertiary/aromatic N) is 1. The van der Waals surface area contributed by atoms with Crippen LogP contribution in [0.2, 0.25) is 0 Å². The van der Waals surface area contributed by atoms with Crippen molar-refractivity contribution in [2.45, 2.75) is 20.5 Å². The number of benzene rings is 2. The van der Waals surface area contributed by atoms with E-state index < -0.39 is 10.0 Å². The summed E-state index contributed by atoms with van der Waals surface area (Å²) in [5.74, 6) is 0.552. The average molecular weight is 319 g/mol. The van der Waals surface area contributed by atoms with Crippen molar-refractivity contribution in [3.63, 3.8) is 0 Å². The van der Waals surface area contributed by atoms with Gasteiger partial charge in [-0.05, 0) is 37.1 Å². The maximum Gasteiger partial charge on any atom is 0.232 e. The normalized spacial score (nSPS) is 11.3. The van der Waals surface area contributed by atoms with Gasteiger partial charge in [0.1, 0.15) is 12.4 Å². The first kappa shape index (κ1) is 16.4. The number of ether oxygens (including phenoxy) is 1. The highest BCUT2D eigenvalue weighted by atomic mass is 32.2. The molecule has 0 unspecified atom stereocenters. The Labute approximate surface area is 132 Å². The summed E-state index contributed by atoms with van der Waals surface area (Å²) in [6.45, 7) is 4.48. The van der Waals surface area contributed by atoms with Crippen molar-refractivity contribution in [3.05, 3.63) is 59.2 Å². The summed E-state index contributed by atoms with van der Waals surface area (Å²) in [5, 5.41) is 0. The molecule has 118 valence electrons. The van der Waals surface area contributed by atoms with Crippen molar-refractivity contribution >= 4 is 15.7 Å². The molecule has 0 bridgehead atoms. The predicted molar refractivity (Wildman–Crippen MR) is 89.9 cm³/mol. The average Bonchev–Trinajstić information content (AvgIpc) is 2.47. The summed E-state index contributed by atoms with van der Waals surface area (Å²) in [6, 6.07) is 13.3. The standard InChI is InChI=1S/C17H21NO3S/c1-13-9-10-14(2)15(11-13)12-21-17-8-6-5-7-16(17)18(3)22(4,19)20/h5-11H,12H2,1-4H3. The number of hydrogen-bond acceptors (Lipinski definition) is 3. The summed E-state index contributed by atoms with van der Waals surface area (Å²) < 4.78 is 30.6. The number of para-hydroxylation sites is 2. The van der Waals surface area contributed by atoms with Gasteiger partial charge in [0, 0.05) is 7.05 Å². The molecule has 0 radical (unpaired) electrons. The summed E-state index contributed by atoms with van der Waals surface area (Å²) in [4.78, 5) is 0. The summed E-state index contributed by atoms with van der Waals surface area (Å²) >= 11 is 0. The molecule has 0 saturated heterocycles. The second-order valence-corrected chi connectivity index (χ2v) is 7.43. The highest BCUT2D eigenvalue weighted by molar-refractivity contribution is 7.92. The van der Waals surface area contributed by atoms with Gasteiger partial charge in [-0.2, -0.15) is 0 Å². The maximum absolute atomic E-state index is 11.7. The van der Waals surface area contributed by atoms with Gasteiger partial charge < -0.3 is 4.74 Å². The van der Waals surface area contributed by atoms with Crippen LogP contribution in [0.3, 0.4) is 0 Å². The zero-order valence-electron chi connectivity index (χ0n) is 13.3. The molecule has 5 heteroatoms. The smallest absolute Gasteiger partial charge is 0.232 e. The van der Waals surface area contributed by atoms with E-state index >= 15 is 0 Å². The highest BCUT2D eigenvalue weighted by Crippen LogP contribution is 2.29. The van der Waals surface area contributed by atoms with Crippen LogP contribution in [0, 0.1) is 13.8 Å². The van der Waals surface area contributed by atoms with E-state index in [4.69, 9.17) is 4.74 Å². The lowest BCUT2D eigenvalue weighted by Gasteiger charge is -2.20. The number of rotatable bonds is 5. The van der Waals surface area contributed by atoms with E-state index in [-0.39, 0.29) is 0 Å². The summed E-state index contributed by atoms with van der Waals surface area (Å²) in [6.07, 6.45) is 1.18. The third kappa shape index (κ3) is 3.80. The van der Waals surface area contributed by atoms with Gasteiger partial charge in [-0.1, -0.05) is 35.9 Å². The van der Waals surface area contributed by atoms with Gasteiger partial charge in [0.25, 0.3) is 0 Å². The van der Waals surface area contributed by atoms with E-state index in [1.54, 1.807) is 18.2 Å². The Hall–Kier alpha value is -2.01. The molecule has 0 N–H and O–H groups in total. The van der Waals surface area contributed by atoms with Gasteiger partial charge in [0.15, 0.2) is 0 Å². The highest BCUT2D eigenvalue weighted by Gasteiger charge is 2.16. The predicted octanol–water partition coefficient (Wildman–Crippen LogP) is 3.28. The lowest BCUT2D eigenvalue weighted by atomic mass is 10.1. The molecule has 2 aromatic carbocycles. The number of anilines is 1. The third-order valence-electron chi connectivity index (χ3n) is 3.59. The molecule has 0 aliphatic heterocycles. The fourth-order valence-corrected chi connectivity index (χ4v) is 2.64. The summed E-state index contributed by atoms with van der Waals surface area (Å²) in [5.41, 5.74) is 3.96. The van der Waals surface area contributed by atoms with Crippen LogP contribution in [0.5, 0.6) is 5.75 Å². The molecule has 0 aliphatic carbocycles. The Morgan fingerprint density at radius 1 is 1.09 bits per heavy atom. The number of aryl methyl sites for hydroxylation is 2. The van der Waals surface area contributed by atoms with E-state index in [9.17, 15) is 8.42 Å². The Bertz CT molecular complexity index is 769. The minimum atomic E-state index is -3.32. The van der Waals surface area contributed by atoms with Crippen molar-refractivity contribution in [1.82, 2.24) is 0 Å². The van der Waals surface area contributed by atoms with Crippen LogP contribution in [-0.2, 0) is 16.6 Å². The lowest BCUT2D eigenvalue weighted by Crippen LogP contribution is -2.25. The third-order valence-corrected chi connectivity index (χ3v) is 4.78. The molecule has 0 saturated carbocycles. The lowest BCUT2D eigenvalue weighted by molar-refractivity contribution is 0.306. The summed E-state index contributed by atoms with van der Waals surface area (Å²) in [7, 11) is -1.80. The SMILES string of the molecule is Cc1ccc(C)c(COc2ccccc2N(C)S(C)(=O)=O)c1. The van der Waals surface area contributed by atoms with Gasteiger partial charge in [-0.25, -0.2) is 8.42 Å². The monoisotopic (exact) mass is 319 g/mol. The fourth-order valence-electron chi connectivity index (χ4n) is 2.13. The maximum atomic E-state index is 11.7. The molecule has 0 fully saturated rings. The molecule has 4 nitrogen and oxygen atoms in total. The van der Waals surface area contributed by atoms with Gasteiger partial charge in [-0.15, -0.1) is 0 Å². The Morgan fingerprint density at radius 3 is 2.45 bits per heavy atom. The van der Waals surface area contributed by atoms with Gasteiger partial charge in [-0.3, -0.25) is 4.31 Å². The molecular formula is C17H21NO3S. The van der Waals surface area contributed by atoms with Gasteiger partial charge >= 0.3 is 0 Å². The second-order valence-electron chi connectivity index (χ2n) is 5.42. The van der Waals surface area contributed by atoms with Crippen LogP contribution in [-0.4, -0.2) is 21.7 Å². The van der Waals surface area contributed by atoms with Crippen LogP contribution in [0.1, 0.15) is 16.7 Å². The molecule has 0 spiro atoms. The van der Waals surface area contributed by atoms with E-state index in [0.29, 0.717) is 18.0 Å². The molecule has 2 rings (SSSR count). The topological polar surface area (TPSA) is 46.6 Å². The van der Waals surface area contributed by atoms with Crippen LogP contribution in [0.4, 0.5) is 5.69 Å².